The van der Waals surface area contributed by atoms with Crippen molar-refractivity contribution in [1.29, 1.82) is 0 Å². The van der Waals surface area contributed by atoms with E-state index in [0.717, 1.165) is 12.1 Å². The van der Waals surface area contributed by atoms with Crippen molar-refractivity contribution in [3.8, 4) is 0 Å². The van der Waals surface area contributed by atoms with Crippen LogP contribution in [0.3, 0.4) is 0 Å². The number of hydrogen-bond acceptors (Lipinski definition) is 2. The maximum atomic E-state index is 12.9. The van der Waals surface area contributed by atoms with E-state index in [1.807, 2.05) is 53.4 Å². The molecule has 1 aliphatic rings. The van der Waals surface area contributed by atoms with Crippen molar-refractivity contribution in [2.24, 2.45) is 11.7 Å². The lowest BCUT2D eigenvalue weighted by Crippen LogP contribution is -2.38. The summed E-state index contributed by atoms with van der Waals surface area (Å²) in [5.74, 6) is 0.813. The van der Waals surface area contributed by atoms with Crippen molar-refractivity contribution in [2.45, 2.75) is 38.3 Å². The molecule has 1 unspecified atom stereocenters. The molecule has 2 N–H and O–H groups in total. The minimum Gasteiger partial charge on any atom is -0.338 e. The van der Waals surface area contributed by atoms with Gasteiger partial charge in [0, 0.05) is 25.6 Å². The molecule has 1 aliphatic carbocycles. The van der Waals surface area contributed by atoms with Crippen LogP contribution < -0.4 is 5.73 Å². The van der Waals surface area contributed by atoms with Gasteiger partial charge in [0.25, 0.3) is 0 Å². The number of hydrogen-bond donors (Lipinski definition) is 1. The normalized spacial score (nSPS) is 14.9. The van der Waals surface area contributed by atoms with Crippen LogP contribution in [0.1, 0.15) is 42.9 Å². The lowest BCUT2D eigenvalue weighted by atomic mass is 9.85. The molecule has 0 spiro atoms. The fourth-order valence-electron chi connectivity index (χ4n) is 3.18. The molecular weight excluding hydrogens is 332 g/mol. The summed E-state index contributed by atoms with van der Waals surface area (Å²) >= 11 is 0. The van der Waals surface area contributed by atoms with Crippen molar-refractivity contribution in [1.82, 2.24) is 4.90 Å². The Morgan fingerprint density at radius 2 is 1.64 bits per heavy atom. The van der Waals surface area contributed by atoms with Crippen molar-refractivity contribution in [3.05, 3.63) is 71.8 Å². The lowest BCUT2D eigenvalue weighted by Gasteiger charge is -2.33. The van der Waals surface area contributed by atoms with Crippen LogP contribution in [-0.4, -0.2) is 17.4 Å². The molecular formula is C21H27ClN2O. The average molecular weight is 359 g/mol. The van der Waals surface area contributed by atoms with Crippen molar-refractivity contribution < 1.29 is 4.79 Å². The third kappa shape index (κ3) is 5.58. The molecule has 2 aromatic carbocycles. The van der Waals surface area contributed by atoms with Gasteiger partial charge < -0.3 is 10.6 Å². The summed E-state index contributed by atoms with van der Waals surface area (Å²) in [6.45, 7) is 1.53. The first kappa shape index (κ1) is 19.5. The molecule has 1 fully saturated rings. The quantitative estimate of drug-likeness (QED) is 0.800. The summed E-state index contributed by atoms with van der Waals surface area (Å²) in [6.07, 6.45) is 4.14. The molecule has 3 nitrogen and oxygen atoms in total. The van der Waals surface area contributed by atoms with Crippen LogP contribution in [-0.2, 0) is 11.3 Å². The minimum absolute atomic E-state index is 0. The molecule has 134 valence electrons. The van der Waals surface area contributed by atoms with Crippen LogP contribution in [0.2, 0.25) is 0 Å². The summed E-state index contributed by atoms with van der Waals surface area (Å²) in [5, 5.41) is 0. The Balaban J connectivity index is 0.00000225. The summed E-state index contributed by atoms with van der Waals surface area (Å²) in [7, 11) is 0. The predicted octanol–water partition coefficient (Wildman–Crippen LogP) is 4.33. The number of nitrogens with zero attached hydrogens (tertiary/aromatic N) is 1. The summed E-state index contributed by atoms with van der Waals surface area (Å²) in [4.78, 5) is 14.9. The topological polar surface area (TPSA) is 46.3 Å². The summed E-state index contributed by atoms with van der Waals surface area (Å²) < 4.78 is 0. The number of nitrogens with two attached hydrogens (primary N) is 1. The molecule has 2 aromatic rings. The maximum Gasteiger partial charge on any atom is 0.224 e. The van der Waals surface area contributed by atoms with Gasteiger partial charge in [-0.2, -0.15) is 0 Å². The molecule has 0 radical (unpaired) electrons. The van der Waals surface area contributed by atoms with E-state index in [2.05, 4.69) is 12.1 Å². The van der Waals surface area contributed by atoms with Crippen LogP contribution in [0.4, 0.5) is 0 Å². The molecule has 3 rings (SSSR count). The first-order valence-corrected chi connectivity index (χ1v) is 8.84. The Morgan fingerprint density at radius 3 is 2.20 bits per heavy atom. The lowest BCUT2D eigenvalue weighted by molar-refractivity contribution is -0.133. The predicted molar refractivity (Wildman–Crippen MR) is 104 cm³/mol. The van der Waals surface area contributed by atoms with Crippen LogP contribution >= 0.6 is 12.4 Å². The number of halogens is 1. The third-order valence-corrected chi connectivity index (χ3v) is 4.89. The van der Waals surface area contributed by atoms with Gasteiger partial charge in [0.1, 0.15) is 0 Å². The second-order valence-corrected chi connectivity index (χ2v) is 6.78. The van der Waals surface area contributed by atoms with E-state index in [4.69, 9.17) is 5.73 Å². The van der Waals surface area contributed by atoms with Gasteiger partial charge in [-0.25, -0.2) is 0 Å². The molecule has 4 heteroatoms. The molecule has 1 saturated carbocycles. The minimum atomic E-state index is -0.238. The number of rotatable bonds is 7. The molecule has 0 aromatic heterocycles. The molecule has 0 bridgehead atoms. The number of amides is 1. The standard InChI is InChI=1S/C21H26N2O.ClH/c22-20(19-12-5-2-6-13-19)14-21(24)23(16-18-10-7-11-18)15-17-8-3-1-4-9-17;/h1-6,8-9,12-13,18,20H,7,10-11,14-16,22H2;1H. The van der Waals surface area contributed by atoms with E-state index in [-0.39, 0.29) is 24.4 Å². The van der Waals surface area contributed by atoms with E-state index < -0.39 is 0 Å². The molecule has 0 aliphatic heterocycles. The monoisotopic (exact) mass is 358 g/mol. The fraction of sp³-hybridized carbons (Fsp3) is 0.381. The zero-order valence-corrected chi connectivity index (χ0v) is 15.3. The fourth-order valence-corrected chi connectivity index (χ4v) is 3.18. The highest BCUT2D eigenvalue weighted by molar-refractivity contribution is 5.85. The summed E-state index contributed by atoms with van der Waals surface area (Å²) in [6, 6.07) is 19.9. The van der Waals surface area contributed by atoms with E-state index in [0.29, 0.717) is 18.9 Å². The van der Waals surface area contributed by atoms with E-state index >= 15 is 0 Å². The zero-order chi connectivity index (χ0) is 16.8. The van der Waals surface area contributed by atoms with Gasteiger partial charge in [-0.05, 0) is 29.9 Å². The highest BCUT2D eigenvalue weighted by Gasteiger charge is 2.25. The maximum absolute atomic E-state index is 12.9. The molecule has 25 heavy (non-hydrogen) atoms. The average Bonchev–Trinajstić information content (AvgIpc) is 2.58. The molecule has 0 heterocycles. The molecule has 0 saturated heterocycles. The number of benzene rings is 2. The Labute approximate surface area is 156 Å². The van der Waals surface area contributed by atoms with Gasteiger partial charge in [-0.1, -0.05) is 67.1 Å². The van der Waals surface area contributed by atoms with E-state index in [1.165, 1.54) is 24.8 Å². The zero-order valence-electron chi connectivity index (χ0n) is 14.5. The van der Waals surface area contributed by atoms with Crippen LogP contribution in [0, 0.1) is 5.92 Å². The first-order valence-electron chi connectivity index (χ1n) is 8.84. The van der Waals surface area contributed by atoms with E-state index in [1.54, 1.807) is 0 Å². The van der Waals surface area contributed by atoms with Crippen molar-refractivity contribution in [2.75, 3.05) is 6.54 Å². The van der Waals surface area contributed by atoms with Gasteiger partial charge in [0.2, 0.25) is 5.91 Å². The van der Waals surface area contributed by atoms with Crippen molar-refractivity contribution >= 4 is 18.3 Å². The number of carbonyl (C=O) groups is 1. The van der Waals surface area contributed by atoms with E-state index in [9.17, 15) is 4.79 Å². The Morgan fingerprint density at radius 1 is 1.04 bits per heavy atom. The first-order chi connectivity index (χ1) is 11.7. The highest BCUT2D eigenvalue weighted by atomic mass is 35.5. The molecule has 1 atom stereocenters. The third-order valence-electron chi connectivity index (χ3n) is 4.89. The Kier molecular flexibility index (Phi) is 7.48. The van der Waals surface area contributed by atoms with Crippen LogP contribution in [0.15, 0.2) is 60.7 Å². The van der Waals surface area contributed by atoms with Gasteiger partial charge >= 0.3 is 0 Å². The SMILES string of the molecule is Cl.NC(CC(=O)N(Cc1ccccc1)CC1CCC1)c1ccccc1. The highest BCUT2D eigenvalue weighted by Crippen LogP contribution is 2.28. The van der Waals surface area contributed by atoms with Crippen LogP contribution in [0.25, 0.3) is 0 Å². The van der Waals surface area contributed by atoms with Gasteiger partial charge in [0.05, 0.1) is 0 Å². The van der Waals surface area contributed by atoms with Crippen molar-refractivity contribution in [3.63, 3.8) is 0 Å². The Hall–Kier alpha value is -1.84. The second-order valence-electron chi connectivity index (χ2n) is 6.78. The van der Waals surface area contributed by atoms with Crippen LogP contribution in [0.5, 0.6) is 0 Å². The molecule has 1 amide bonds. The van der Waals surface area contributed by atoms with Gasteiger partial charge in [-0.15, -0.1) is 12.4 Å². The Bertz CT molecular complexity index is 643. The smallest absolute Gasteiger partial charge is 0.224 e. The van der Waals surface area contributed by atoms with Gasteiger partial charge in [-0.3, -0.25) is 4.79 Å². The van der Waals surface area contributed by atoms with Gasteiger partial charge in [0.15, 0.2) is 0 Å². The summed E-state index contributed by atoms with van der Waals surface area (Å²) in [5.41, 5.74) is 8.46. The largest absolute Gasteiger partial charge is 0.338 e. The number of carbonyl (C=O) groups excluding carboxylic acids is 1. The second kappa shape index (κ2) is 9.59.